The van der Waals surface area contributed by atoms with Gasteiger partial charge in [-0.3, -0.25) is 0 Å². The molecule has 0 amide bonds. The van der Waals surface area contributed by atoms with Crippen LogP contribution in [0.3, 0.4) is 0 Å². The number of aromatic nitrogens is 6. The van der Waals surface area contributed by atoms with Crippen molar-refractivity contribution in [3.05, 3.63) is 82.8 Å². The molecule has 5 aromatic rings. The number of hydrogen-bond donors (Lipinski definition) is 2. The third kappa shape index (κ3) is 4.15. The summed E-state index contributed by atoms with van der Waals surface area (Å²) < 4.78 is 13.7. The molecular weight excluding hydrogens is 467 g/mol. The van der Waals surface area contributed by atoms with E-state index in [1.165, 1.54) is 16.4 Å². The van der Waals surface area contributed by atoms with Crippen molar-refractivity contribution in [2.45, 2.75) is 18.9 Å². The molecule has 3 heterocycles. The van der Waals surface area contributed by atoms with Gasteiger partial charge in [-0.15, -0.1) is 10.2 Å². The minimum absolute atomic E-state index is 0.0610. The van der Waals surface area contributed by atoms with E-state index in [1.807, 2.05) is 24.3 Å². The zero-order valence-corrected chi connectivity index (χ0v) is 19.5. The smallest absolute Gasteiger partial charge is 0.242 e. The van der Waals surface area contributed by atoms with Crippen LogP contribution in [-0.4, -0.2) is 36.2 Å². The zero-order valence-electron chi connectivity index (χ0n) is 18.7. The second kappa shape index (κ2) is 8.59. The van der Waals surface area contributed by atoms with Crippen LogP contribution in [-0.2, 0) is 19.9 Å². The van der Waals surface area contributed by atoms with Gasteiger partial charge in [-0.25, -0.2) is 14.4 Å². The Balaban J connectivity index is 1.43. The number of aryl methyl sites for hydroxylation is 1. The van der Waals surface area contributed by atoms with Crippen LogP contribution in [0.4, 0.5) is 21.5 Å². The number of anilines is 3. The second-order valence-electron chi connectivity index (χ2n) is 8.50. The quantitative estimate of drug-likeness (QED) is 0.363. The van der Waals surface area contributed by atoms with E-state index >= 15 is 0 Å². The molecule has 1 atom stereocenters. The minimum atomic E-state index is -0.459. The number of nitrogens with zero attached hydrogens (tertiary/aromatic N) is 6. The van der Waals surface area contributed by atoms with Gasteiger partial charge in [0.15, 0.2) is 0 Å². The lowest BCUT2D eigenvalue weighted by atomic mass is 10.0. The van der Waals surface area contributed by atoms with Crippen LogP contribution in [0.5, 0.6) is 0 Å². The average molecular weight is 487 g/mol. The van der Waals surface area contributed by atoms with E-state index in [9.17, 15) is 4.39 Å². The number of benzene rings is 3. The summed E-state index contributed by atoms with van der Waals surface area (Å²) in [6.07, 6.45) is 3.48. The van der Waals surface area contributed by atoms with Gasteiger partial charge in [0.2, 0.25) is 11.6 Å². The van der Waals surface area contributed by atoms with Crippen molar-refractivity contribution in [3.63, 3.8) is 0 Å². The highest BCUT2D eigenvalue weighted by Gasteiger charge is 2.27. The van der Waals surface area contributed by atoms with E-state index in [2.05, 4.69) is 43.2 Å². The first-order chi connectivity index (χ1) is 17.0. The number of tetrazole rings is 1. The zero-order chi connectivity index (χ0) is 23.9. The number of fused-ring (bicyclic) bond motifs is 3. The molecule has 2 N–H and O–H groups in total. The monoisotopic (exact) mass is 486 g/mol. The van der Waals surface area contributed by atoms with Crippen LogP contribution in [0.2, 0.25) is 5.02 Å². The molecule has 174 valence electrons. The molecule has 3 aromatic carbocycles. The molecule has 0 aliphatic carbocycles. The van der Waals surface area contributed by atoms with Crippen LogP contribution in [0.1, 0.15) is 11.1 Å². The van der Waals surface area contributed by atoms with Crippen molar-refractivity contribution >= 4 is 39.6 Å². The maximum absolute atomic E-state index is 13.7. The Bertz CT molecular complexity index is 1550. The number of rotatable bonds is 5. The molecule has 6 rings (SSSR count). The van der Waals surface area contributed by atoms with E-state index in [1.54, 1.807) is 25.4 Å². The molecule has 0 bridgehead atoms. The largest absolute Gasteiger partial charge is 0.381 e. The summed E-state index contributed by atoms with van der Waals surface area (Å²) in [4.78, 5) is 10.6. The van der Waals surface area contributed by atoms with Crippen molar-refractivity contribution in [2.24, 2.45) is 7.05 Å². The molecule has 0 fully saturated rings. The molecular formula is C25H20ClFN8. The van der Waals surface area contributed by atoms with E-state index < -0.39 is 5.82 Å². The summed E-state index contributed by atoms with van der Waals surface area (Å²) in [7, 11) is 1.69. The lowest BCUT2D eigenvalue weighted by Gasteiger charge is -2.14. The standard InChI is InChI=1S/C25H20ClFN8/c1-35-33-25(32-34-35)24-28-13-18-22(31-24)12-21(29-15-7-8-20(27)19(26)11-15)17-10-16(30-23(17)18)9-14-5-3-2-4-6-14/h2-8,11-13,16,29-30H,9-10H2,1H3. The van der Waals surface area contributed by atoms with Crippen molar-refractivity contribution in [1.29, 1.82) is 0 Å². The van der Waals surface area contributed by atoms with Crippen LogP contribution in [0.25, 0.3) is 22.6 Å². The molecule has 1 aliphatic rings. The van der Waals surface area contributed by atoms with Crippen molar-refractivity contribution < 1.29 is 4.39 Å². The third-order valence-corrected chi connectivity index (χ3v) is 6.32. The first-order valence-corrected chi connectivity index (χ1v) is 11.5. The Morgan fingerprint density at radius 3 is 2.77 bits per heavy atom. The molecule has 35 heavy (non-hydrogen) atoms. The average Bonchev–Trinajstić information content (AvgIpc) is 3.48. The molecule has 1 unspecified atom stereocenters. The van der Waals surface area contributed by atoms with Gasteiger partial charge in [-0.05, 0) is 47.9 Å². The van der Waals surface area contributed by atoms with Crippen molar-refractivity contribution in [2.75, 3.05) is 10.6 Å². The summed E-state index contributed by atoms with van der Waals surface area (Å²) in [6.45, 7) is 0. The Labute approximate surface area is 205 Å². The maximum Gasteiger partial charge on any atom is 0.242 e. The van der Waals surface area contributed by atoms with Crippen molar-refractivity contribution in [1.82, 2.24) is 30.2 Å². The van der Waals surface area contributed by atoms with E-state index in [0.717, 1.165) is 40.7 Å². The summed E-state index contributed by atoms with van der Waals surface area (Å²) in [5.74, 6) is 0.282. The molecule has 0 saturated heterocycles. The maximum atomic E-state index is 13.7. The summed E-state index contributed by atoms with van der Waals surface area (Å²) >= 11 is 6.03. The molecule has 0 radical (unpaired) electrons. The number of nitrogens with one attached hydrogen (secondary N) is 2. The van der Waals surface area contributed by atoms with Crippen LogP contribution in [0, 0.1) is 5.82 Å². The Hall–Kier alpha value is -4.11. The summed E-state index contributed by atoms with van der Waals surface area (Å²) in [5.41, 5.74) is 5.65. The van der Waals surface area contributed by atoms with Gasteiger partial charge in [-0.1, -0.05) is 41.9 Å². The lowest BCUT2D eigenvalue weighted by Crippen LogP contribution is -2.18. The number of halogens is 2. The van der Waals surface area contributed by atoms with Crippen LogP contribution >= 0.6 is 11.6 Å². The fourth-order valence-corrected chi connectivity index (χ4v) is 4.62. The van der Waals surface area contributed by atoms with Gasteiger partial charge >= 0.3 is 0 Å². The van der Waals surface area contributed by atoms with Gasteiger partial charge in [0, 0.05) is 34.6 Å². The Morgan fingerprint density at radius 1 is 1.14 bits per heavy atom. The highest BCUT2D eigenvalue weighted by molar-refractivity contribution is 6.31. The van der Waals surface area contributed by atoms with Gasteiger partial charge in [0.05, 0.1) is 23.3 Å². The van der Waals surface area contributed by atoms with Gasteiger partial charge in [0.25, 0.3) is 0 Å². The highest BCUT2D eigenvalue weighted by atomic mass is 35.5. The summed E-state index contributed by atoms with van der Waals surface area (Å²) in [6, 6.07) is 17.1. The molecule has 1 aliphatic heterocycles. The van der Waals surface area contributed by atoms with Gasteiger partial charge in [-0.2, -0.15) is 4.80 Å². The van der Waals surface area contributed by atoms with Crippen LogP contribution in [0.15, 0.2) is 60.8 Å². The molecule has 10 heteroatoms. The van der Waals surface area contributed by atoms with E-state index in [4.69, 9.17) is 16.6 Å². The van der Waals surface area contributed by atoms with Crippen molar-refractivity contribution in [3.8, 4) is 11.6 Å². The Morgan fingerprint density at radius 2 is 2.00 bits per heavy atom. The van der Waals surface area contributed by atoms with E-state index in [-0.39, 0.29) is 11.1 Å². The first kappa shape index (κ1) is 21.4. The molecule has 0 saturated carbocycles. The fourth-order valence-electron chi connectivity index (χ4n) is 4.44. The first-order valence-electron chi connectivity index (χ1n) is 11.1. The van der Waals surface area contributed by atoms with Gasteiger partial charge < -0.3 is 10.6 Å². The molecule has 0 spiro atoms. The predicted molar refractivity (Wildman–Crippen MR) is 133 cm³/mol. The highest BCUT2D eigenvalue weighted by Crippen LogP contribution is 2.40. The Kier molecular flexibility index (Phi) is 5.26. The molecule has 2 aromatic heterocycles. The summed E-state index contributed by atoms with van der Waals surface area (Å²) in [5, 5.41) is 20.2. The second-order valence-corrected chi connectivity index (χ2v) is 8.90. The third-order valence-electron chi connectivity index (χ3n) is 6.03. The van der Waals surface area contributed by atoms with E-state index in [0.29, 0.717) is 17.3 Å². The van der Waals surface area contributed by atoms with Crippen LogP contribution < -0.4 is 10.6 Å². The SMILES string of the molecule is Cn1nnc(-c2ncc3c4c(c(Nc5ccc(F)c(Cl)c5)cc3n2)CC(Cc2ccccc2)N4)n1. The van der Waals surface area contributed by atoms with Gasteiger partial charge in [0.1, 0.15) is 5.82 Å². The number of hydrogen-bond acceptors (Lipinski definition) is 7. The predicted octanol–water partition coefficient (Wildman–Crippen LogP) is 4.94. The normalized spacial score (nSPS) is 14.7. The minimum Gasteiger partial charge on any atom is -0.381 e. The lowest BCUT2D eigenvalue weighted by molar-refractivity contribution is 0.628. The molecule has 8 nitrogen and oxygen atoms in total. The fraction of sp³-hybridized carbons (Fsp3) is 0.160. The topological polar surface area (TPSA) is 93.4 Å².